The van der Waals surface area contributed by atoms with Crippen LogP contribution in [-0.4, -0.2) is 0 Å². The summed E-state index contributed by atoms with van der Waals surface area (Å²) in [6.45, 7) is 6.75. The van der Waals surface area contributed by atoms with Crippen LogP contribution in [-0.2, 0) is 6.42 Å². The second-order valence-electron chi connectivity index (χ2n) is 5.38. The average molecular weight is 252 g/mol. The van der Waals surface area contributed by atoms with Crippen LogP contribution in [0.25, 0.3) is 11.1 Å². The van der Waals surface area contributed by atoms with Crippen molar-refractivity contribution in [3.63, 3.8) is 0 Å². The van der Waals surface area contributed by atoms with Gasteiger partial charge in [-0.05, 0) is 41.0 Å². The lowest BCUT2D eigenvalue weighted by Crippen LogP contribution is -1.90. The van der Waals surface area contributed by atoms with Gasteiger partial charge in [0.25, 0.3) is 0 Å². The second kappa shape index (κ2) is 6.56. The third-order valence-electron chi connectivity index (χ3n) is 3.92. The van der Waals surface area contributed by atoms with Crippen molar-refractivity contribution in [1.82, 2.24) is 0 Å². The minimum Gasteiger partial charge on any atom is -0.0651 e. The van der Waals surface area contributed by atoms with Crippen LogP contribution < -0.4 is 0 Å². The molecular formula is C19H24. The van der Waals surface area contributed by atoms with Crippen LogP contribution >= 0.6 is 0 Å². The van der Waals surface area contributed by atoms with Gasteiger partial charge in [0, 0.05) is 0 Å². The van der Waals surface area contributed by atoms with E-state index in [1.807, 2.05) is 0 Å². The Morgan fingerprint density at radius 3 is 1.79 bits per heavy atom. The molecule has 100 valence electrons. The Bertz CT molecular complexity index is 491. The first-order valence-corrected chi connectivity index (χ1v) is 7.43. The summed E-state index contributed by atoms with van der Waals surface area (Å²) in [6, 6.07) is 18.0. The molecule has 1 unspecified atom stereocenters. The van der Waals surface area contributed by atoms with Gasteiger partial charge >= 0.3 is 0 Å². The number of hydrogen-bond acceptors (Lipinski definition) is 0. The molecule has 0 aromatic heterocycles. The van der Waals surface area contributed by atoms with Gasteiger partial charge in [-0.3, -0.25) is 0 Å². The fourth-order valence-corrected chi connectivity index (χ4v) is 2.39. The molecule has 0 bridgehead atoms. The fourth-order valence-electron chi connectivity index (χ4n) is 2.39. The Kier molecular flexibility index (Phi) is 4.79. The summed E-state index contributed by atoms with van der Waals surface area (Å²) in [6.07, 6.45) is 3.58. The van der Waals surface area contributed by atoms with Gasteiger partial charge in [0.2, 0.25) is 0 Å². The molecule has 2 rings (SSSR count). The third-order valence-corrected chi connectivity index (χ3v) is 3.92. The smallest absolute Gasteiger partial charge is 0.0184 e. The molecule has 0 nitrogen and oxygen atoms in total. The molecule has 0 radical (unpaired) electrons. The number of rotatable bonds is 5. The largest absolute Gasteiger partial charge is 0.0651 e. The fraction of sp³-hybridized carbons (Fsp3) is 0.368. The zero-order valence-corrected chi connectivity index (χ0v) is 12.3. The molecule has 0 aliphatic heterocycles. The molecule has 0 aliphatic rings. The molecule has 0 fully saturated rings. The highest BCUT2D eigenvalue weighted by atomic mass is 14.1. The molecule has 0 saturated carbocycles. The van der Waals surface area contributed by atoms with Gasteiger partial charge in [0.15, 0.2) is 0 Å². The molecule has 2 aromatic rings. The van der Waals surface area contributed by atoms with Crippen molar-refractivity contribution in [2.24, 2.45) is 0 Å². The van der Waals surface area contributed by atoms with Gasteiger partial charge in [-0.15, -0.1) is 0 Å². The van der Waals surface area contributed by atoms with Crippen LogP contribution in [0.15, 0.2) is 48.5 Å². The topological polar surface area (TPSA) is 0 Å². The van der Waals surface area contributed by atoms with E-state index in [-0.39, 0.29) is 0 Å². The molecule has 0 heterocycles. The molecule has 0 N–H and O–H groups in total. The molecular weight excluding hydrogens is 228 g/mol. The number of benzene rings is 2. The molecule has 1 atom stereocenters. The van der Waals surface area contributed by atoms with Gasteiger partial charge < -0.3 is 0 Å². The van der Waals surface area contributed by atoms with Crippen LogP contribution in [0.5, 0.6) is 0 Å². The first kappa shape index (κ1) is 13.9. The maximum atomic E-state index is 2.29. The van der Waals surface area contributed by atoms with E-state index in [2.05, 4.69) is 69.3 Å². The summed E-state index contributed by atoms with van der Waals surface area (Å²) in [7, 11) is 0. The van der Waals surface area contributed by atoms with E-state index in [1.165, 1.54) is 41.5 Å². The van der Waals surface area contributed by atoms with Gasteiger partial charge in [0.05, 0.1) is 0 Å². The molecule has 0 amide bonds. The first-order chi connectivity index (χ1) is 9.24. The van der Waals surface area contributed by atoms with E-state index in [4.69, 9.17) is 0 Å². The summed E-state index contributed by atoms with van der Waals surface area (Å²) < 4.78 is 0. The molecule has 0 heteroatoms. The van der Waals surface area contributed by atoms with E-state index in [0.717, 1.165) is 0 Å². The monoisotopic (exact) mass is 252 g/mol. The lowest BCUT2D eigenvalue weighted by molar-refractivity contribution is 0.734. The number of hydrogen-bond donors (Lipinski definition) is 0. The van der Waals surface area contributed by atoms with Crippen molar-refractivity contribution in [2.75, 3.05) is 0 Å². The van der Waals surface area contributed by atoms with Gasteiger partial charge in [-0.25, -0.2) is 0 Å². The first-order valence-electron chi connectivity index (χ1n) is 7.43. The Hall–Kier alpha value is -1.56. The van der Waals surface area contributed by atoms with E-state index in [0.29, 0.717) is 5.92 Å². The molecule has 0 saturated heterocycles. The lowest BCUT2D eigenvalue weighted by atomic mass is 9.95. The SMILES string of the molecule is CCCc1ccc(-c2ccc(C(C)CC)cc2)cc1. The quantitative estimate of drug-likeness (QED) is 0.629. The highest BCUT2D eigenvalue weighted by Crippen LogP contribution is 2.24. The minimum atomic E-state index is 0.654. The summed E-state index contributed by atoms with van der Waals surface area (Å²) >= 11 is 0. The lowest BCUT2D eigenvalue weighted by Gasteiger charge is -2.10. The van der Waals surface area contributed by atoms with Crippen molar-refractivity contribution in [3.05, 3.63) is 59.7 Å². The Labute approximate surface area is 117 Å². The van der Waals surface area contributed by atoms with E-state index < -0.39 is 0 Å². The highest BCUT2D eigenvalue weighted by Gasteiger charge is 2.03. The third kappa shape index (κ3) is 3.47. The van der Waals surface area contributed by atoms with Crippen LogP contribution in [0, 0.1) is 0 Å². The summed E-state index contributed by atoms with van der Waals surface area (Å²) in [5.74, 6) is 0.654. The zero-order chi connectivity index (χ0) is 13.7. The standard InChI is InChI=1S/C19H24/c1-4-6-16-7-9-18(10-8-16)19-13-11-17(12-14-19)15(3)5-2/h7-15H,4-6H2,1-3H3. The molecule has 0 aliphatic carbocycles. The Balaban J connectivity index is 2.17. The van der Waals surface area contributed by atoms with E-state index >= 15 is 0 Å². The van der Waals surface area contributed by atoms with Gasteiger partial charge in [-0.2, -0.15) is 0 Å². The van der Waals surface area contributed by atoms with Crippen molar-refractivity contribution in [1.29, 1.82) is 0 Å². The van der Waals surface area contributed by atoms with Crippen molar-refractivity contribution < 1.29 is 0 Å². The predicted molar refractivity (Wildman–Crippen MR) is 84.6 cm³/mol. The predicted octanol–water partition coefficient (Wildman–Crippen LogP) is 5.82. The maximum Gasteiger partial charge on any atom is -0.0184 e. The normalized spacial score (nSPS) is 12.4. The minimum absolute atomic E-state index is 0.654. The van der Waals surface area contributed by atoms with Crippen molar-refractivity contribution in [3.8, 4) is 11.1 Å². The number of aryl methyl sites for hydroxylation is 1. The van der Waals surface area contributed by atoms with Crippen LogP contribution in [0.1, 0.15) is 50.7 Å². The molecule has 2 aromatic carbocycles. The Morgan fingerprint density at radius 1 is 0.789 bits per heavy atom. The Morgan fingerprint density at radius 2 is 1.32 bits per heavy atom. The molecule has 0 spiro atoms. The summed E-state index contributed by atoms with van der Waals surface area (Å²) in [5.41, 5.74) is 5.50. The maximum absolute atomic E-state index is 2.29. The zero-order valence-electron chi connectivity index (χ0n) is 12.3. The average Bonchev–Trinajstić information content (AvgIpc) is 2.48. The van der Waals surface area contributed by atoms with E-state index in [9.17, 15) is 0 Å². The highest BCUT2D eigenvalue weighted by molar-refractivity contribution is 5.64. The summed E-state index contributed by atoms with van der Waals surface area (Å²) in [5, 5.41) is 0. The van der Waals surface area contributed by atoms with Crippen LogP contribution in [0.2, 0.25) is 0 Å². The van der Waals surface area contributed by atoms with Crippen LogP contribution in [0.3, 0.4) is 0 Å². The molecule has 19 heavy (non-hydrogen) atoms. The van der Waals surface area contributed by atoms with Crippen molar-refractivity contribution >= 4 is 0 Å². The van der Waals surface area contributed by atoms with Gasteiger partial charge in [-0.1, -0.05) is 75.7 Å². The van der Waals surface area contributed by atoms with E-state index in [1.54, 1.807) is 0 Å². The van der Waals surface area contributed by atoms with Crippen molar-refractivity contribution in [2.45, 2.75) is 46.0 Å². The van der Waals surface area contributed by atoms with Crippen LogP contribution in [0.4, 0.5) is 0 Å². The second-order valence-corrected chi connectivity index (χ2v) is 5.38. The summed E-state index contributed by atoms with van der Waals surface area (Å²) in [4.78, 5) is 0. The van der Waals surface area contributed by atoms with Gasteiger partial charge in [0.1, 0.15) is 0 Å².